The summed E-state index contributed by atoms with van der Waals surface area (Å²) in [7, 11) is 3.35. The second-order valence-corrected chi connectivity index (χ2v) is 8.08. The summed E-state index contributed by atoms with van der Waals surface area (Å²) in [6.07, 6.45) is 0. The number of nitrogens with zero attached hydrogens (tertiary/aromatic N) is 1. The number of fused-ring (bicyclic) bond motifs is 3. The summed E-state index contributed by atoms with van der Waals surface area (Å²) in [4.78, 5) is 2.28. The van der Waals surface area contributed by atoms with Crippen LogP contribution in [0, 0.1) is 11.7 Å². The third kappa shape index (κ3) is 3.62. The molecule has 2 aliphatic heterocycles. The van der Waals surface area contributed by atoms with Crippen LogP contribution in [0.25, 0.3) is 0 Å². The van der Waals surface area contributed by atoms with Gasteiger partial charge in [0.1, 0.15) is 17.3 Å². The first-order chi connectivity index (χ1) is 15.2. The highest BCUT2D eigenvalue weighted by Crippen LogP contribution is 2.46. The largest absolute Gasteiger partial charge is 0.497 e. The number of ether oxygens (including phenoxy) is 2. The Hall–Kier alpha value is -3.09. The van der Waals surface area contributed by atoms with Crippen LogP contribution in [0.4, 0.5) is 10.1 Å². The van der Waals surface area contributed by atoms with Crippen molar-refractivity contribution >= 4 is 5.69 Å². The van der Waals surface area contributed by atoms with Gasteiger partial charge in [-0.05, 0) is 47.5 Å². The lowest BCUT2D eigenvalue weighted by Crippen LogP contribution is -2.39. The Bertz CT molecular complexity index is 1070. The second-order valence-electron chi connectivity index (χ2n) is 8.08. The standard InChI is InChI=1S/C25H26FN3O2/c1-30-18-9-7-16(8-10-18)24-21-15-29(14-17-5-3-4-6-22(17)26)23-12-11-19(31-2)13-20(23)25(21)28-27-24/h3-13,21,24-25,27-28H,14-15H2,1-2H3. The SMILES string of the molecule is COc1ccc(C2NNC3c4cc(OC)ccc4N(Cc4ccccc4F)CC23)cc1. The fourth-order valence-electron chi connectivity index (χ4n) is 4.78. The summed E-state index contributed by atoms with van der Waals surface area (Å²) in [6.45, 7) is 1.32. The van der Waals surface area contributed by atoms with E-state index in [-0.39, 0.29) is 23.8 Å². The number of rotatable bonds is 5. The van der Waals surface area contributed by atoms with Crippen molar-refractivity contribution in [2.75, 3.05) is 25.7 Å². The van der Waals surface area contributed by atoms with E-state index in [1.165, 1.54) is 11.6 Å². The minimum Gasteiger partial charge on any atom is -0.497 e. The van der Waals surface area contributed by atoms with E-state index in [1.54, 1.807) is 20.3 Å². The molecular weight excluding hydrogens is 393 g/mol. The van der Waals surface area contributed by atoms with E-state index in [4.69, 9.17) is 9.47 Å². The van der Waals surface area contributed by atoms with E-state index >= 15 is 0 Å². The van der Waals surface area contributed by atoms with Crippen LogP contribution in [0.5, 0.6) is 11.5 Å². The summed E-state index contributed by atoms with van der Waals surface area (Å²) < 4.78 is 25.2. The molecule has 160 valence electrons. The van der Waals surface area contributed by atoms with Gasteiger partial charge in [-0.2, -0.15) is 0 Å². The zero-order valence-electron chi connectivity index (χ0n) is 17.6. The first-order valence-corrected chi connectivity index (χ1v) is 10.5. The van der Waals surface area contributed by atoms with Gasteiger partial charge in [0, 0.05) is 30.3 Å². The molecule has 3 aromatic carbocycles. The fraction of sp³-hybridized carbons (Fsp3) is 0.280. The number of hydrogen-bond donors (Lipinski definition) is 2. The van der Waals surface area contributed by atoms with Gasteiger partial charge in [0.2, 0.25) is 0 Å². The molecular formula is C25H26FN3O2. The van der Waals surface area contributed by atoms with Gasteiger partial charge in [0.25, 0.3) is 0 Å². The van der Waals surface area contributed by atoms with Crippen molar-refractivity contribution in [3.8, 4) is 11.5 Å². The lowest BCUT2D eigenvalue weighted by Gasteiger charge is -2.39. The monoisotopic (exact) mass is 419 g/mol. The van der Waals surface area contributed by atoms with Crippen LogP contribution in [0.15, 0.2) is 66.7 Å². The number of halogens is 1. The van der Waals surface area contributed by atoms with Gasteiger partial charge in [-0.1, -0.05) is 30.3 Å². The van der Waals surface area contributed by atoms with Crippen molar-refractivity contribution < 1.29 is 13.9 Å². The van der Waals surface area contributed by atoms with Crippen molar-refractivity contribution in [2.24, 2.45) is 5.92 Å². The molecule has 6 heteroatoms. The first-order valence-electron chi connectivity index (χ1n) is 10.5. The smallest absolute Gasteiger partial charge is 0.128 e. The van der Waals surface area contributed by atoms with E-state index in [0.29, 0.717) is 12.1 Å². The summed E-state index contributed by atoms with van der Waals surface area (Å²) >= 11 is 0. The van der Waals surface area contributed by atoms with Crippen LogP contribution in [-0.2, 0) is 6.54 Å². The maximum atomic E-state index is 14.4. The van der Waals surface area contributed by atoms with Gasteiger partial charge in [0.15, 0.2) is 0 Å². The quantitative estimate of drug-likeness (QED) is 0.643. The molecule has 0 radical (unpaired) electrons. The number of methoxy groups -OCH3 is 2. The normalized spacial score (nSPS) is 22.0. The minimum absolute atomic E-state index is 0.123. The molecule has 0 saturated carbocycles. The van der Waals surface area contributed by atoms with Crippen LogP contribution in [-0.4, -0.2) is 20.8 Å². The molecule has 2 heterocycles. The van der Waals surface area contributed by atoms with Crippen LogP contribution >= 0.6 is 0 Å². The van der Waals surface area contributed by atoms with Crippen LogP contribution < -0.4 is 25.2 Å². The highest BCUT2D eigenvalue weighted by atomic mass is 19.1. The van der Waals surface area contributed by atoms with Crippen LogP contribution in [0.2, 0.25) is 0 Å². The number of anilines is 1. The van der Waals surface area contributed by atoms with E-state index in [9.17, 15) is 4.39 Å². The Balaban J connectivity index is 1.51. The fourth-order valence-corrected chi connectivity index (χ4v) is 4.78. The Morgan fingerprint density at radius 3 is 2.35 bits per heavy atom. The van der Waals surface area contributed by atoms with Gasteiger partial charge in [-0.3, -0.25) is 0 Å². The van der Waals surface area contributed by atoms with E-state index in [1.807, 2.05) is 30.3 Å². The third-order valence-corrected chi connectivity index (χ3v) is 6.39. The number of hydrazine groups is 1. The lowest BCUT2D eigenvalue weighted by molar-refractivity contribution is 0.391. The molecule has 0 aromatic heterocycles. The highest BCUT2D eigenvalue weighted by molar-refractivity contribution is 5.61. The van der Waals surface area contributed by atoms with Crippen molar-refractivity contribution in [2.45, 2.75) is 18.6 Å². The molecule has 2 aliphatic rings. The molecule has 5 rings (SSSR count). The summed E-state index contributed by atoms with van der Waals surface area (Å²) in [5.74, 6) is 1.75. The minimum atomic E-state index is -0.172. The van der Waals surface area contributed by atoms with Crippen LogP contribution in [0.3, 0.4) is 0 Å². The Morgan fingerprint density at radius 2 is 1.61 bits per heavy atom. The first kappa shape index (κ1) is 19.8. The molecule has 3 aromatic rings. The maximum absolute atomic E-state index is 14.4. The lowest BCUT2D eigenvalue weighted by atomic mass is 9.82. The summed E-state index contributed by atoms with van der Waals surface area (Å²) in [6, 6.07) is 21.6. The highest BCUT2D eigenvalue weighted by Gasteiger charge is 2.43. The van der Waals surface area contributed by atoms with Gasteiger partial charge in [-0.15, -0.1) is 0 Å². The molecule has 0 bridgehead atoms. The summed E-state index contributed by atoms with van der Waals surface area (Å²) in [5, 5.41) is 0. The zero-order chi connectivity index (χ0) is 21.4. The van der Waals surface area contributed by atoms with Crippen molar-refractivity contribution in [3.63, 3.8) is 0 Å². The predicted octanol–water partition coefficient (Wildman–Crippen LogP) is 4.37. The molecule has 3 atom stereocenters. The number of hydrogen-bond acceptors (Lipinski definition) is 5. The van der Waals surface area contributed by atoms with Gasteiger partial charge in [-0.25, -0.2) is 15.2 Å². The molecule has 3 unspecified atom stereocenters. The maximum Gasteiger partial charge on any atom is 0.128 e. The zero-order valence-corrected chi connectivity index (χ0v) is 17.6. The second kappa shape index (κ2) is 8.21. The van der Waals surface area contributed by atoms with E-state index in [2.05, 4.69) is 40.0 Å². The topological polar surface area (TPSA) is 45.8 Å². The number of benzene rings is 3. The van der Waals surface area contributed by atoms with E-state index in [0.717, 1.165) is 29.3 Å². The number of nitrogens with one attached hydrogen (secondary N) is 2. The molecule has 0 spiro atoms. The van der Waals surface area contributed by atoms with Gasteiger partial charge >= 0.3 is 0 Å². The van der Waals surface area contributed by atoms with Crippen LogP contribution in [0.1, 0.15) is 28.8 Å². The average molecular weight is 420 g/mol. The third-order valence-electron chi connectivity index (χ3n) is 6.39. The molecule has 0 amide bonds. The average Bonchev–Trinajstić information content (AvgIpc) is 3.24. The Morgan fingerprint density at radius 1 is 0.903 bits per heavy atom. The molecule has 1 fully saturated rings. The predicted molar refractivity (Wildman–Crippen MR) is 119 cm³/mol. The molecule has 2 N–H and O–H groups in total. The Labute approximate surface area is 181 Å². The molecule has 5 nitrogen and oxygen atoms in total. The Kier molecular flexibility index (Phi) is 5.26. The molecule has 31 heavy (non-hydrogen) atoms. The van der Waals surface area contributed by atoms with Crippen molar-refractivity contribution in [1.82, 2.24) is 10.9 Å². The molecule has 0 aliphatic carbocycles. The molecule has 1 saturated heterocycles. The van der Waals surface area contributed by atoms with Crippen molar-refractivity contribution in [1.29, 1.82) is 0 Å². The van der Waals surface area contributed by atoms with Gasteiger partial charge in [0.05, 0.1) is 26.3 Å². The van der Waals surface area contributed by atoms with E-state index < -0.39 is 0 Å². The van der Waals surface area contributed by atoms with Gasteiger partial charge < -0.3 is 14.4 Å². The summed E-state index contributed by atoms with van der Waals surface area (Å²) in [5.41, 5.74) is 11.2. The van der Waals surface area contributed by atoms with Crippen molar-refractivity contribution in [3.05, 3.63) is 89.2 Å².